The molecule has 0 unspecified atom stereocenters. The third kappa shape index (κ3) is 3.94. The van der Waals surface area contributed by atoms with Crippen molar-refractivity contribution in [3.05, 3.63) is 58.6 Å². The summed E-state index contributed by atoms with van der Waals surface area (Å²) in [4.78, 5) is 4.04. The number of halogens is 4. The highest BCUT2D eigenvalue weighted by Crippen LogP contribution is 2.35. The second-order valence-electron chi connectivity index (χ2n) is 5.09. The first kappa shape index (κ1) is 18.2. The monoisotopic (exact) mass is 385 g/mol. The first-order chi connectivity index (χ1) is 12.4. The highest BCUT2D eigenvalue weighted by atomic mass is 35.5. The predicted molar refractivity (Wildman–Crippen MR) is 84.2 cm³/mol. The number of alkyl halides is 3. The maximum atomic E-state index is 13.1. The number of ether oxygens (including phenoxy) is 1. The van der Waals surface area contributed by atoms with Crippen LogP contribution in [0.25, 0.3) is 11.6 Å². The Hall–Kier alpha value is -2.65. The van der Waals surface area contributed by atoms with Crippen molar-refractivity contribution in [2.45, 2.75) is 19.4 Å². The first-order valence-electron chi connectivity index (χ1n) is 7.25. The SMILES string of the molecule is OCc1nnc(-c2ccc(OCc3c(Cl)cccc3C(F)(F)F)cn2)o1. The number of benzene rings is 1. The molecule has 0 spiro atoms. The molecule has 2 heterocycles. The summed E-state index contributed by atoms with van der Waals surface area (Å²) >= 11 is 5.88. The van der Waals surface area contributed by atoms with Gasteiger partial charge < -0.3 is 14.3 Å². The molecule has 3 aromatic rings. The van der Waals surface area contributed by atoms with Gasteiger partial charge in [0.15, 0.2) is 0 Å². The largest absolute Gasteiger partial charge is 0.487 e. The third-order valence-electron chi connectivity index (χ3n) is 3.36. The van der Waals surface area contributed by atoms with E-state index in [-0.39, 0.29) is 34.7 Å². The van der Waals surface area contributed by atoms with Crippen LogP contribution >= 0.6 is 11.6 Å². The van der Waals surface area contributed by atoms with Gasteiger partial charge in [-0.05, 0) is 24.3 Å². The standard InChI is InChI=1S/C16H11ClF3N3O3/c17-12-3-1-2-11(16(18,19)20)10(12)8-25-9-4-5-13(21-6-9)15-23-22-14(7-24)26-15/h1-6,24H,7-8H2. The maximum absolute atomic E-state index is 13.1. The van der Waals surface area contributed by atoms with Crippen molar-refractivity contribution in [1.29, 1.82) is 0 Å². The van der Waals surface area contributed by atoms with Gasteiger partial charge in [-0.3, -0.25) is 0 Å². The Bertz CT molecular complexity index is 898. The van der Waals surface area contributed by atoms with Gasteiger partial charge in [-0.1, -0.05) is 17.7 Å². The summed E-state index contributed by atoms with van der Waals surface area (Å²) in [5, 5.41) is 16.2. The van der Waals surface area contributed by atoms with Crippen molar-refractivity contribution in [2.24, 2.45) is 0 Å². The molecule has 3 rings (SSSR count). The normalized spacial score (nSPS) is 11.6. The average Bonchev–Trinajstić information content (AvgIpc) is 3.09. The van der Waals surface area contributed by atoms with E-state index in [1.165, 1.54) is 30.5 Å². The predicted octanol–water partition coefficient (Wildman–Crippen LogP) is 3.88. The molecule has 136 valence electrons. The van der Waals surface area contributed by atoms with Gasteiger partial charge in [0.05, 0.1) is 11.8 Å². The molecule has 0 amide bonds. The zero-order valence-electron chi connectivity index (χ0n) is 13.0. The lowest BCUT2D eigenvalue weighted by atomic mass is 10.1. The van der Waals surface area contributed by atoms with E-state index >= 15 is 0 Å². The molecule has 0 fully saturated rings. The van der Waals surface area contributed by atoms with Crippen LogP contribution in [0.5, 0.6) is 5.75 Å². The summed E-state index contributed by atoms with van der Waals surface area (Å²) in [5.41, 5.74) is -0.675. The van der Waals surface area contributed by atoms with Gasteiger partial charge in [0.2, 0.25) is 5.89 Å². The van der Waals surface area contributed by atoms with E-state index in [2.05, 4.69) is 15.2 Å². The van der Waals surface area contributed by atoms with Crippen molar-refractivity contribution < 1.29 is 27.4 Å². The van der Waals surface area contributed by atoms with Gasteiger partial charge in [0, 0.05) is 10.6 Å². The number of pyridine rings is 1. The first-order valence-corrected chi connectivity index (χ1v) is 7.63. The summed E-state index contributed by atoms with van der Waals surface area (Å²) in [6.45, 7) is -0.766. The van der Waals surface area contributed by atoms with Crippen LogP contribution in [0.2, 0.25) is 5.02 Å². The van der Waals surface area contributed by atoms with Crippen molar-refractivity contribution in [3.8, 4) is 17.3 Å². The Morgan fingerprint density at radius 2 is 1.96 bits per heavy atom. The topological polar surface area (TPSA) is 81.3 Å². The van der Waals surface area contributed by atoms with Gasteiger partial charge in [-0.15, -0.1) is 10.2 Å². The zero-order chi connectivity index (χ0) is 18.7. The highest BCUT2D eigenvalue weighted by molar-refractivity contribution is 6.31. The van der Waals surface area contributed by atoms with E-state index in [0.29, 0.717) is 5.69 Å². The minimum atomic E-state index is -4.53. The number of aliphatic hydroxyl groups excluding tert-OH is 1. The minimum Gasteiger partial charge on any atom is -0.487 e. The van der Waals surface area contributed by atoms with E-state index in [0.717, 1.165) is 6.07 Å². The maximum Gasteiger partial charge on any atom is 0.416 e. The quantitative estimate of drug-likeness (QED) is 0.718. The second kappa shape index (κ2) is 7.30. The Morgan fingerprint density at radius 3 is 2.58 bits per heavy atom. The van der Waals surface area contributed by atoms with Crippen LogP contribution in [0, 0.1) is 0 Å². The van der Waals surface area contributed by atoms with E-state index in [9.17, 15) is 13.2 Å². The number of rotatable bonds is 5. The lowest BCUT2D eigenvalue weighted by molar-refractivity contribution is -0.138. The molecule has 1 N–H and O–H groups in total. The molecule has 0 atom stereocenters. The van der Waals surface area contributed by atoms with Gasteiger partial charge >= 0.3 is 6.18 Å². The van der Waals surface area contributed by atoms with Crippen molar-refractivity contribution in [1.82, 2.24) is 15.2 Å². The van der Waals surface area contributed by atoms with E-state index < -0.39 is 18.3 Å². The van der Waals surface area contributed by atoms with E-state index in [1.54, 1.807) is 0 Å². The van der Waals surface area contributed by atoms with Crippen molar-refractivity contribution in [3.63, 3.8) is 0 Å². The Kier molecular flexibility index (Phi) is 5.10. The molecule has 0 aliphatic carbocycles. The Morgan fingerprint density at radius 1 is 1.15 bits per heavy atom. The molecule has 0 aliphatic rings. The van der Waals surface area contributed by atoms with Crippen molar-refractivity contribution >= 4 is 11.6 Å². The van der Waals surface area contributed by atoms with E-state index in [1.807, 2.05) is 0 Å². The molecule has 26 heavy (non-hydrogen) atoms. The van der Waals surface area contributed by atoms with Crippen LogP contribution in [-0.4, -0.2) is 20.3 Å². The lowest BCUT2D eigenvalue weighted by Crippen LogP contribution is -2.11. The fourth-order valence-electron chi connectivity index (χ4n) is 2.14. The molecule has 0 aliphatic heterocycles. The summed E-state index contributed by atoms with van der Waals surface area (Å²) in [6, 6.07) is 6.54. The zero-order valence-corrected chi connectivity index (χ0v) is 13.8. The number of hydrogen-bond donors (Lipinski definition) is 1. The Labute approximate surface area is 150 Å². The third-order valence-corrected chi connectivity index (χ3v) is 3.72. The average molecular weight is 386 g/mol. The van der Waals surface area contributed by atoms with E-state index in [4.69, 9.17) is 25.9 Å². The number of hydrogen-bond acceptors (Lipinski definition) is 6. The van der Waals surface area contributed by atoms with Crippen LogP contribution in [0.3, 0.4) is 0 Å². The number of aromatic nitrogens is 3. The van der Waals surface area contributed by atoms with Gasteiger partial charge in [0.1, 0.15) is 24.7 Å². The summed E-state index contributed by atoms with van der Waals surface area (Å²) < 4.78 is 49.7. The van der Waals surface area contributed by atoms with Gasteiger partial charge in [-0.2, -0.15) is 13.2 Å². The molecule has 10 heteroatoms. The molecule has 0 saturated carbocycles. The van der Waals surface area contributed by atoms with Crippen LogP contribution in [0.15, 0.2) is 40.9 Å². The fraction of sp³-hybridized carbons (Fsp3) is 0.188. The fourth-order valence-corrected chi connectivity index (χ4v) is 2.37. The summed E-state index contributed by atoms with van der Waals surface area (Å²) in [5.74, 6) is 0.385. The summed E-state index contributed by atoms with van der Waals surface area (Å²) in [6.07, 6.45) is -3.23. The minimum absolute atomic E-state index is 0.0354. The molecule has 0 radical (unpaired) electrons. The smallest absolute Gasteiger partial charge is 0.416 e. The van der Waals surface area contributed by atoms with Gasteiger partial charge in [-0.25, -0.2) is 4.98 Å². The molecule has 0 saturated heterocycles. The highest BCUT2D eigenvalue weighted by Gasteiger charge is 2.34. The van der Waals surface area contributed by atoms with Crippen LogP contribution in [0.1, 0.15) is 17.0 Å². The molecular formula is C16H11ClF3N3O3. The molecule has 6 nitrogen and oxygen atoms in total. The molecular weight excluding hydrogens is 375 g/mol. The Balaban J connectivity index is 1.75. The van der Waals surface area contributed by atoms with Crippen LogP contribution in [0.4, 0.5) is 13.2 Å². The molecule has 0 bridgehead atoms. The number of aliphatic hydroxyl groups is 1. The van der Waals surface area contributed by atoms with Crippen molar-refractivity contribution in [2.75, 3.05) is 0 Å². The van der Waals surface area contributed by atoms with Gasteiger partial charge in [0.25, 0.3) is 5.89 Å². The molecule has 1 aromatic carbocycles. The summed E-state index contributed by atoms with van der Waals surface area (Å²) in [7, 11) is 0. The molecule has 2 aromatic heterocycles. The number of nitrogens with zero attached hydrogens (tertiary/aromatic N) is 3. The van der Waals surface area contributed by atoms with Crippen LogP contribution < -0.4 is 4.74 Å². The second-order valence-corrected chi connectivity index (χ2v) is 5.50. The van der Waals surface area contributed by atoms with Crippen LogP contribution in [-0.2, 0) is 19.4 Å². The lowest BCUT2D eigenvalue weighted by Gasteiger charge is -2.15.